The molecule has 116 valence electrons. The fourth-order valence-electron chi connectivity index (χ4n) is 1.43. The summed E-state index contributed by atoms with van der Waals surface area (Å²) in [7, 11) is 7.41. The maximum atomic E-state index is 12.1. The predicted octanol–water partition coefficient (Wildman–Crippen LogP) is 1.99. The highest BCUT2D eigenvalue weighted by molar-refractivity contribution is 8.93. The van der Waals surface area contributed by atoms with Crippen LogP contribution in [0.2, 0.25) is 0 Å². The van der Waals surface area contributed by atoms with Crippen molar-refractivity contribution in [1.29, 1.82) is 0 Å². The van der Waals surface area contributed by atoms with Gasteiger partial charge in [-0.05, 0) is 21.0 Å². The largest absolute Gasteiger partial charge is 0.330 e. The van der Waals surface area contributed by atoms with Gasteiger partial charge >= 0.3 is 6.03 Å². The SMILES string of the molecule is Br.Br.Cc1cncc(N(CCN(C)C)C(=O)N(C)C)n1. The van der Waals surface area contributed by atoms with Crippen molar-refractivity contribution in [2.24, 2.45) is 0 Å². The van der Waals surface area contributed by atoms with Crippen LogP contribution < -0.4 is 4.90 Å². The third-order valence-corrected chi connectivity index (χ3v) is 2.40. The lowest BCUT2D eigenvalue weighted by atomic mass is 10.4. The van der Waals surface area contributed by atoms with Crippen molar-refractivity contribution < 1.29 is 4.79 Å². The van der Waals surface area contributed by atoms with E-state index in [0.29, 0.717) is 12.4 Å². The van der Waals surface area contributed by atoms with E-state index in [-0.39, 0.29) is 40.0 Å². The number of likely N-dealkylation sites (N-methyl/N-ethyl adjacent to an activating group) is 1. The minimum Gasteiger partial charge on any atom is -0.330 e. The standard InChI is InChI=1S/C12H21N5O.2BrH/c1-10-8-13-9-11(14-10)17(7-6-15(2)3)12(18)16(4)5;;/h8-9H,6-7H2,1-5H3;2*1H. The van der Waals surface area contributed by atoms with Crippen LogP contribution in [0, 0.1) is 6.92 Å². The Morgan fingerprint density at radius 3 is 2.15 bits per heavy atom. The molecule has 0 aliphatic rings. The molecule has 0 radical (unpaired) electrons. The van der Waals surface area contributed by atoms with Crippen molar-refractivity contribution in [2.45, 2.75) is 6.92 Å². The first kappa shape index (κ1) is 21.6. The van der Waals surface area contributed by atoms with E-state index in [1.807, 2.05) is 25.9 Å². The monoisotopic (exact) mass is 411 g/mol. The van der Waals surface area contributed by atoms with Gasteiger partial charge in [0.2, 0.25) is 0 Å². The molecule has 1 rings (SSSR count). The zero-order valence-corrected chi connectivity index (χ0v) is 16.0. The number of hydrogen-bond acceptors (Lipinski definition) is 4. The highest BCUT2D eigenvalue weighted by Gasteiger charge is 2.19. The van der Waals surface area contributed by atoms with Gasteiger partial charge in [-0.1, -0.05) is 0 Å². The van der Waals surface area contributed by atoms with E-state index in [1.54, 1.807) is 36.3 Å². The molecule has 8 heteroatoms. The first-order valence-electron chi connectivity index (χ1n) is 5.84. The van der Waals surface area contributed by atoms with Gasteiger partial charge in [-0.3, -0.25) is 9.88 Å². The van der Waals surface area contributed by atoms with Gasteiger partial charge in [0.05, 0.1) is 11.9 Å². The second kappa shape index (κ2) is 10.1. The Bertz CT molecular complexity index is 415. The minimum absolute atomic E-state index is 0. The summed E-state index contributed by atoms with van der Waals surface area (Å²) in [5.41, 5.74) is 0.800. The molecule has 1 aromatic rings. The first-order valence-corrected chi connectivity index (χ1v) is 5.84. The van der Waals surface area contributed by atoms with Gasteiger partial charge in [-0.25, -0.2) is 9.78 Å². The zero-order valence-electron chi connectivity index (χ0n) is 12.5. The van der Waals surface area contributed by atoms with E-state index in [1.165, 1.54) is 0 Å². The molecule has 0 unspecified atom stereocenters. The molecule has 0 fully saturated rings. The fraction of sp³-hybridized carbons (Fsp3) is 0.583. The molecule has 0 saturated heterocycles. The molecular formula is C12H23Br2N5O. The number of hydrogen-bond donors (Lipinski definition) is 0. The van der Waals surface area contributed by atoms with E-state index >= 15 is 0 Å². The number of nitrogens with zero attached hydrogens (tertiary/aromatic N) is 5. The van der Waals surface area contributed by atoms with E-state index in [0.717, 1.165) is 12.2 Å². The average Bonchev–Trinajstić information content (AvgIpc) is 2.28. The van der Waals surface area contributed by atoms with E-state index in [9.17, 15) is 4.79 Å². The molecule has 0 spiro atoms. The van der Waals surface area contributed by atoms with Gasteiger partial charge in [-0.15, -0.1) is 34.0 Å². The molecule has 0 atom stereocenters. The Balaban J connectivity index is 0. The number of amides is 2. The van der Waals surface area contributed by atoms with Crippen molar-refractivity contribution in [2.75, 3.05) is 46.2 Å². The average molecular weight is 413 g/mol. The number of aromatic nitrogens is 2. The summed E-state index contributed by atoms with van der Waals surface area (Å²) in [6.07, 6.45) is 3.29. The normalized spacial score (nSPS) is 9.50. The molecule has 6 nitrogen and oxygen atoms in total. The molecule has 0 N–H and O–H groups in total. The third-order valence-electron chi connectivity index (χ3n) is 2.40. The summed E-state index contributed by atoms with van der Waals surface area (Å²) in [5, 5.41) is 0. The van der Waals surface area contributed by atoms with Crippen LogP contribution in [-0.2, 0) is 0 Å². The highest BCUT2D eigenvalue weighted by Crippen LogP contribution is 2.11. The lowest BCUT2D eigenvalue weighted by Gasteiger charge is -2.26. The third kappa shape index (κ3) is 6.62. The molecule has 0 aliphatic carbocycles. The lowest BCUT2D eigenvalue weighted by Crippen LogP contribution is -2.43. The van der Waals surface area contributed by atoms with Crippen LogP contribution in [0.15, 0.2) is 12.4 Å². The Hall–Kier alpha value is -0.730. The molecule has 0 saturated carbocycles. The number of anilines is 1. The molecule has 1 aromatic heterocycles. The summed E-state index contributed by atoms with van der Waals surface area (Å²) in [6, 6.07) is -0.0863. The number of carbonyl (C=O) groups is 1. The smallest absolute Gasteiger partial charge is 0.325 e. The summed E-state index contributed by atoms with van der Waals surface area (Å²) in [4.78, 5) is 25.8. The van der Waals surface area contributed by atoms with Crippen molar-refractivity contribution in [1.82, 2.24) is 19.8 Å². The van der Waals surface area contributed by atoms with Crippen LogP contribution >= 0.6 is 34.0 Å². The van der Waals surface area contributed by atoms with Crippen LogP contribution in [0.3, 0.4) is 0 Å². The zero-order chi connectivity index (χ0) is 13.7. The first-order chi connectivity index (χ1) is 8.41. The Kier molecular flexibility index (Phi) is 10.9. The predicted molar refractivity (Wildman–Crippen MR) is 92.4 cm³/mol. The van der Waals surface area contributed by atoms with E-state index < -0.39 is 0 Å². The van der Waals surface area contributed by atoms with Crippen LogP contribution in [0.5, 0.6) is 0 Å². The molecule has 2 amide bonds. The molecule has 0 aromatic carbocycles. The highest BCUT2D eigenvalue weighted by atomic mass is 79.9. The maximum absolute atomic E-state index is 12.1. The summed E-state index contributed by atoms with van der Waals surface area (Å²) in [6.45, 7) is 3.22. The Morgan fingerprint density at radius 2 is 1.70 bits per heavy atom. The molecular weight excluding hydrogens is 390 g/mol. The van der Waals surface area contributed by atoms with Gasteiger partial charge in [0, 0.05) is 33.4 Å². The number of rotatable bonds is 4. The quantitative estimate of drug-likeness (QED) is 0.758. The topological polar surface area (TPSA) is 52.6 Å². The van der Waals surface area contributed by atoms with E-state index in [4.69, 9.17) is 0 Å². The van der Waals surface area contributed by atoms with Crippen LogP contribution in [0.4, 0.5) is 10.6 Å². The van der Waals surface area contributed by atoms with Crippen LogP contribution in [0.25, 0.3) is 0 Å². The molecule has 0 bridgehead atoms. The van der Waals surface area contributed by atoms with Gasteiger partial charge in [-0.2, -0.15) is 0 Å². The van der Waals surface area contributed by atoms with Crippen molar-refractivity contribution >= 4 is 45.8 Å². The van der Waals surface area contributed by atoms with Gasteiger partial charge in [0.15, 0.2) is 5.82 Å². The van der Waals surface area contributed by atoms with Gasteiger partial charge in [0.25, 0.3) is 0 Å². The fourth-order valence-corrected chi connectivity index (χ4v) is 1.43. The van der Waals surface area contributed by atoms with Crippen molar-refractivity contribution in [3.8, 4) is 0 Å². The molecule has 1 heterocycles. The second-order valence-corrected chi connectivity index (χ2v) is 4.65. The maximum Gasteiger partial charge on any atom is 0.325 e. The van der Waals surface area contributed by atoms with Crippen LogP contribution in [0.1, 0.15) is 5.69 Å². The summed E-state index contributed by atoms with van der Waals surface area (Å²) >= 11 is 0. The number of halogens is 2. The van der Waals surface area contributed by atoms with Gasteiger partial charge < -0.3 is 9.80 Å². The van der Waals surface area contributed by atoms with Crippen molar-refractivity contribution in [3.63, 3.8) is 0 Å². The number of urea groups is 1. The molecule has 0 aliphatic heterocycles. The molecule has 20 heavy (non-hydrogen) atoms. The summed E-state index contributed by atoms with van der Waals surface area (Å²) in [5.74, 6) is 0.593. The minimum atomic E-state index is -0.0863. The number of carbonyl (C=O) groups excluding carboxylic acids is 1. The van der Waals surface area contributed by atoms with Gasteiger partial charge in [0.1, 0.15) is 0 Å². The summed E-state index contributed by atoms with van der Waals surface area (Å²) < 4.78 is 0. The Labute approximate surface area is 141 Å². The lowest BCUT2D eigenvalue weighted by molar-refractivity contribution is 0.222. The second-order valence-electron chi connectivity index (χ2n) is 4.65. The van der Waals surface area contributed by atoms with E-state index in [2.05, 4.69) is 9.97 Å². The Morgan fingerprint density at radius 1 is 1.10 bits per heavy atom. The van der Waals surface area contributed by atoms with Crippen molar-refractivity contribution in [3.05, 3.63) is 18.1 Å². The number of aryl methyl sites for hydroxylation is 1. The van der Waals surface area contributed by atoms with Crippen LogP contribution in [-0.4, -0.2) is 67.1 Å².